The Kier molecular flexibility index (Phi) is 18.4. The topological polar surface area (TPSA) is 40.4 Å². The number of hydrogen-bond donors (Lipinski definition) is 0. The SMILES string of the molecule is C=CCN(c1ccccc1)c1ccc(N(c2ccccc2)c2ccc(-c3nc4ccccc4nc3-c3ccc(N(c4ccccc4)c4ccc5c(c4)c(C)c(C/C=C\CC(C)/C=C\C)n5-c4ccccc4)cc3)cc2)cc1C(C)/C=C/C1=C/C=C\C=C/CC1. The van der Waals surface area contributed by atoms with Crippen molar-refractivity contribution in [1.29, 1.82) is 0 Å². The number of benzene rings is 9. The molecule has 0 saturated carbocycles. The van der Waals surface area contributed by atoms with E-state index in [1.165, 1.54) is 33.3 Å². The second-order valence-electron chi connectivity index (χ2n) is 22.9. The number of aryl methyl sites for hydroxylation is 1. The van der Waals surface area contributed by atoms with E-state index in [1.807, 2.05) is 18.2 Å². The van der Waals surface area contributed by atoms with E-state index in [0.717, 1.165) is 110 Å². The molecule has 1 aliphatic carbocycles. The van der Waals surface area contributed by atoms with E-state index in [-0.39, 0.29) is 5.92 Å². The maximum Gasteiger partial charge on any atom is 0.0973 e. The van der Waals surface area contributed by atoms with Gasteiger partial charge in [0.25, 0.3) is 0 Å². The molecule has 0 bridgehead atoms. The zero-order valence-electron chi connectivity index (χ0n) is 51.4. The number of allylic oxidation sites excluding steroid dienone is 12. The van der Waals surface area contributed by atoms with Crippen LogP contribution in [0.5, 0.6) is 0 Å². The average Bonchev–Trinajstić information content (AvgIpc) is 1.80. The normalized spacial score (nSPS) is 14.5. The molecule has 2 atom stereocenters. The number of rotatable bonds is 21. The van der Waals surface area contributed by atoms with Gasteiger partial charge in [-0.25, -0.2) is 9.97 Å². The van der Waals surface area contributed by atoms with Gasteiger partial charge in [-0.15, -0.1) is 6.58 Å². The molecule has 2 heterocycles. The number of para-hydroxylation sites is 6. The third-order valence-corrected chi connectivity index (χ3v) is 16.8. The van der Waals surface area contributed by atoms with Gasteiger partial charge < -0.3 is 19.3 Å². The molecule has 0 saturated heterocycles. The van der Waals surface area contributed by atoms with Crippen molar-refractivity contribution in [2.45, 2.75) is 59.3 Å². The molecule has 1 aliphatic rings. The lowest BCUT2D eigenvalue weighted by Gasteiger charge is -2.31. The Labute approximate surface area is 526 Å². The Morgan fingerprint density at radius 2 is 1.09 bits per heavy atom. The van der Waals surface area contributed by atoms with Crippen LogP contribution in [0.2, 0.25) is 0 Å². The molecule has 0 radical (unpaired) electrons. The van der Waals surface area contributed by atoms with Crippen LogP contribution in [0.4, 0.5) is 45.5 Å². The lowest BCUT2D eigenvalue weighted by atomic mass is 9.94. The molecule has 0 N–H and O–H groups in total. The van der Waals surface area contributed by atoms with Gasteiger partial charge in [-0.3, -0.25) is 0 Å². The summed E-state index contributed by atoms with van der Waals surface area (Å²) in [4.78, 5) is 17.9. The van der Waals surface area contributed by atoms with Gasteiger partial charge in [-0.2, -0.15) is 0 Å². The third kappa shape index (κ3) is 13.2. The van der Waals surface area contributed by atoms with E-state index in [4.69, 9.17) is 9.97 Å². The van der Waals surface area contributed by atoms with E-state index >= 15 is 0 Å². The first-order valence-electron chi connectivity index (χ1n) is 31.3. The fourth-order valence-electron chi connectivity index (χ4n) is 12.3. The molecule has 0 amide bonds. The highest BCUT2D eigenvalue weighted by atomic mass is 15.2. The fourth-order valence-corrected chi connectivity index (χ4v) is 12.3. The zero-order chi connectivity index (χ0) is 60.9. The lowest BCUT2D eigenvalue weighted by molar-refractivity contribution is 0.741. The summed E-state index contributed by atoms with van der Waals surface area (Å²) in [6.07, 6.45) is 30.5. The number of aromatic nitrogens is 3. The van der Waals surface area contributed by atoms with Crippen LogP contribution in [0.25, 0.3) is 50.1 Å². The molecule has 6 heteroatoms. The molecule has 2 unspecified atom stereocenters. The molecule has 11 aromatic rings. The Hall–Kier alpha value is -10.6. The van der Waals surface area contributed by atoms with Gasteiger partial charge in [-0.1, -0.05) is 196 Å². The minimum Gasteiger partial charge on any atom is -0.337 e. The molecule has 89 heavy (non-hydrogen) atoms. The van der Waals surface area contributed by atoms with Gasteiger partial charge in [0, 0.05) is 92.3 Å². The summed E-state index contributed by atoms with van der Waals surface area (Å²) in [7, 11) is 0. The summed E-state index contributed by atoms with van der Waals surface area (Å²) in [6.45, 7) is 13.8. The predicted octanol–water partition coefficient (Wildman–Crippen LogP) is 22.7. The standard InChI is InChI=1S/C83H76N6/c1-6-29-61(3)30-25-28-43-79-63(5)76-60-74(55-57-81(76)89(79)70-39-23-14-24-40-70)88(69-37-21-13-22-38-69)72-52-48-66(49-53-72)83-82(84-77-41-26-27-42-78(77)85-83)65-46-50-71(51-47-65)87(68-35-19-12-20-36-68)73-54-56-80(86(58-7-2)67-33-17-11-18-34-67)75(59-73)62(4)44-45-64-31-15-9-8-10-16-32-64/h6-15,17-29,31,33-42,44-57,59-62H,2,16,30,32,43,58H2,1,3-5H3/b10-8-,15-9-,28-25-,29-6-,45-44+,64-31+. The van der Waals surface area contributed by atoms with Crippen molar-refractivity contribution >= 4 is 67.4 Å². The minimum atomic E-state index is 0.0772. The lowest BCUT2D eigenvalue weighted by Crippen LogP contribution is -2.19. The highest BCUT2D eigenvalue weighted by Crippen LogP contribution is 2.44. The van der Waals surface area contributed by atoms with E-state index in [9.17, 15) is 0 Å². The molecule has 0 spiro atoms. The number of hydrogen-bond acceptors (Lipinski definition) is 5. The van der Waals surface area contributed by atoms with Gasteiger partial charge in [0.05, 0.1) is 27.9 Å². The molecule has 2 aromatic heterocycles. The molecule has 0 aliphatic heterocycles. The van der Waals surface area contributed by atoms with Crippen molar-refractivity contribution in [2.24, 2.45) is 5.92 Å². The van der Waals surface area contributed by atoms with Crippen LogP contribution in [-0.4, -0.2) is 21.1 Å². The molecule has 12 rings (SSSR count). The maximum atomic E-state index is 5.41. The summed E-state index contributed by atoms with van der Waals surface area (Å²) in [5.41, 5.74) is 21.3. The zero-order valence-corrected chi connectivity index (χ0v) is 51.4. The van der Waals surface area contributed by atoms with E-state index < -0.39 is 0 Å². The largest absolute Gasteiger partial charge is 0.337 e. The highest BCUT2D eigenvalue weighted by Gasteiger charge is 2.23. The van der Waals surface area contributed by atoms with Crippen molar-refractivity contribution in [2.75, 3.05) is 21.2 Å². The molecule has 438 valence electrons. The Morgan fingerprint density at radius 1 is 0.551 bits per heavy atom. The molecular weight excluding hydrogens is 1080 g/mol. The van der Waals surface area contributed by atoms with Gasteiger partial charge in [0.2, 0.25) is 0 Å². The summed E-state index contributed by atoms with van der Waals surface area (Å²) >= 11 is 0. The molecule has 9 aromatic carbocycles. The fraction of sp³-hybridized carbons (Fsp3) is 0.133. The van der Waals surface area contributed by atoms with Gasteiger partial charge >= 0.3 is 0 Å². The number of nitrogens with zero attached hydrogens (tertiary/aromatic N) is 6. The second-order valence-corrected chi connectivity index (χ2v) is 22.9. The van der Waals surface area contributed by atoms with Crippen molar-refractivity contribution in [3.63, 3.8) is 0 Å². The minimum absolute atomic E-state index is 0.0772. The summed E-state index contributed by atoms with van der Waals surface area (Å²) < 4.78 is 2.44. The Morgan fingerprint density at radius 3 is 1.69 bits per heavy atom. The summed E-state index contributed by atoms with van der Waals surface area (Å²) in [6, 6.07) is 82.4. The van der Waals surface area contributed by atoms with Crippen LogP contribution >= 0.6 is 0 Å². The van der Waals surface area contributed by atoms with Gasteiger partial charge in [-0.05, 0) is 177 Å². The van der Waals surface area contributed by atoms with Crippen molar-refractivity contribution in [1.82, 2.24) is 14.5 Å². The Bertz CT molecular complexity index is 4400. The first kappa shape index (κ1) is 58.8. The quantitative estimate of drug-likeness (QED) is 0.0671. The highest BCUT2D eigenvalue weighted by molar-refractivity contribution is 5.94. The van der Waals surface area contributed by atoms with Crippen LogP contribution < -0.4 is 14.7 Å². The number of fused-ring (bicyclic) bond motifs is 2. The van der Waals surface area contributed by atoms with Gasteiger partial charge in [0.15, 0.2) is 0 Å². The van der Waals surface area contributed by atoms with E-state index in [0.29, 0.717) is 12.5 Å². The van der Waals surface area contributed by atoms with E-state index in [1.54, 1.807) is 0 Å². The van der Waals surface area contributed by atoms with Crippen molar-refractivity contribution in [3.8, 4) is 28.2 Å². The molecular formula is C83H76N6. The van der Waals surface area contributed by atoms with Crippen LogP contribution in [0.3, 0.4) is 0 Å². The first-order chi connectivity index (χ1) is 43.8. The second kappa shape index (κ2) is 27.9. The molecule has 0 fully saturated rings. The van der Waals surface area contributed by atoms with Crippen molar-refractivity contribution < 1.29 is 0 Å². The summed E-state index contributed by atoms with van der Waals surface area (Å²) in [5.74, 6) is 0.578. The monoisotopic (exact) mass is 1160 g/mol. The van der Waals surface area contributed by atoms with Crippen LogP contribution in [-0.2, 0) is 6.42 Å². The third-order valence-electron chi connectivity index (χ3n) is 16.8. The summed E-state index contributed by atoms with van der Waals surface area (Å²) in [5, 5.41) is 1.23. The average molecular weight is 1160 g/mol. The van der Waals surface area contributed by atoms with Crippen LogP contribution in [0.15, 0.2) is 316 Å². The van der Waals surface area contributed by atoms with Crippen molar-refractivity contribution in [3.05, 3.63) is 332 Å². The van der Waals surface area contributed by atoms with Crippen LogP contribution in [0, 0.1) is 12.8 Å². The molecule has 6 nitrogen and oxygen atoms in total. The maximum absolute atomic E-state index is 5.41. The smallest absolute Gasteiger partial charge is 0.0973 e. The predicted molar refractivity (Wildman–Crippen MR) is 380 cm³/mol. The van der Waals surface area contributed by atoms with Gasteiger partial charge in [0.1, 0.15) is 0 Å². The van der Waals surface area contributed by atoms with Crippen LogP contribution in [0.1, 0.15) is 62.8 Å². The Balaban J connectivity index is 0.909. The number of anilines is 8. The first-order valence-corrected chi connectivity index (χ1v) is 31.3. The van der Waals surface area contributed by atoms with E-state index in [2.05, 4.69) is 339 Å².